The van der Waals surface area contributed by atoms with Gasteiger partial charge in [-0.25, -0.2) is 0 Å². The van der Waals surface area contributed by atoms with E-state index in [2.05, 4.69) is 106 Å². The fraction of sp³-hybridized carbons (Fsp3) is 0.767. The molecule has 0 aliphatic heterocycles. The van der Waals surface area contributed by atoms with E-state index in [0.29, 0.717) is 19.3 Å². The van der Waals surface area contributed by atoms with Crippen molar-refractivity contribution in [2.45, 2.75) is 348 Å². The second-order valence-corrected chi connectivity index (χ2v) is 22.7. The van der Waals surface area contributed by atoms with Gasteiger partial charge in [0.15, 0.2) is 6.10 Å². The minimum atomic E-state index is -0.782. The molecule has 0 saturated carbocycles. The molecule has 0 amide bonds. The number of ether oxygens (including phenoxy) is 3. The first kappa shape index (κ1) is 75.6. The van der Waals surface area contributed by atoms with Crippen LogP contribution in [0.1, 0.15) is 342 Å². The Morgan fingerprint density at radius 2 is 0.494 bits per heavy atom. The van der Waals surface area contributed by atoms with E-state index >= 15 is 0 Å². The predicted octanol–water partition coefficient (Wildman–Crippen LogP) is 23.4. The molecular formula is C73H128O6. The zero-order chi connectivity index (χ0) is 57.1. The van der Waals surface area contributed by atoms with Crippen molar-refractivity contribution < 1.29 is 28.6 Å². The lowest BCUT2D eigenvalue weighted by Gasteiger charge is -2.18. The summed E-state index contributed by atoms with van der Waals surface area (Å²) in [4.78, 5) is 38.4. The van der Waals surface area contributed by atoms with Crippen LogP contribution in [0.5, 0.6) is 0 Å². The molecule has 0 radical (unpaired) electrons. The quantitative estimate of drug-likeness (QED) is 0.0261. The standard InChI is InChI=1S/C73H128O6/c1-4-7-10-13-16-19-22-25-27-29-31-32-33-34-35-36-37-38-39-40-42-43-45-48-51-54-57-60-63-66-72(75)78-69-70(68-77-71(74)65-62-59-56-53-50-47-24-21-18-15-12-9-6-3)79-73(76)67-64-61-58-55-52-49-46-44-41-30-28-26-23-20-17-14-11-8-5-2/h7,10,16-17,19-20,25-28,31-32,41,44,70H,4-6,8-9,11-15,18,21-24,29-30,33-40,42-43,45-69H2,1-3H3/b10-7-,19-16-,20-17-,27-25-,28-26-,32-31-,44-41-. The summed E-state index contributed by atoms with van der Waals surface area (Å²) in [5.74, 6) is -0.872. The molecule has 79 heavy (non-hydrogen) atoms. The summed E-state index contributed by atoms with van der Waals surface area (Å²) in [7, 11) is 0. The second kappa shape index (κ2) is 67.1. The zero-order valence-corrected chi connectivity index (χ0v) is 52.4. The lowest BCUT2D eigenvalue weighted by atomic mass is 10.0. The van der Waals surface area contributed by atoms with Crippen LogP contribution in [0.15, 0.2) is 85.1 Å². The molecule has 0 heterocycles. The molecule has 0 aromatic carbocycles. The van der Waals surface area contributed by atoms with Crippen molar-refractivity contribution in [3.05, 3.63) is 85.1 Å². The molecule has 1 unspecified atom stereocenters. The van der Waals surface area contributed by atoms with Crippen molar-refractivity contribution >= 4 is 17.9 Å². The normalized spacial score (nSPS) is 12.6. The highest BCUT2D eigenvalue weighted by Crippen LogP contribution is 2.17. The molecule has 1 atom stereocenters. The molecule has 0 N–H and O–H groups in total. The van der Waals surface area contributed by atoms with Crippen LogP contribution in [0.2, 0.25) is 0 Å². The fourth-order valence-electron chi connectivity index (χ4n) is 9.80. The Balaban J connectivity index is 4.25. The van der Waals surface area contributed by atoms with Crippen LogP contribution in [-0.4, -0.2) is 37.2 Å². The zero-order valence-electron chi connectivity index (χ0n) is 52.4. The highest BCUT2D eigenvalue weighted by Gasteiger charge is 2.19. The Labute approximate surface area is 490 Å². The summed E-state index contributed by atoms with van der Waals surface area (Å²) in [6.07, 6.45) is 88.9. The van der Waals surface area contributed by atoms with Crippen molar-refractivity contribution in [3.8, 4) is 0 Å². The van der Waals surface area contributed by atoms with Crippen LogP contribution in [-0.2, 0) is 28.6 Å². The first-order chi connectivity index (χ1) is 39.0. The van der Waals surface area contributed by atoms with E-state index in [-0.39, 0.29) is 31.1 Å². The smallest absolute Gasteiger partial charge is 0.306 e. The Bertz CT molecular complexity index is 1500. The van der Waals surface area contributed by atoms with Crippen LogP contribution < -0.4 is 0 Å². The Kier molecular flexibility index (Phi) is 64.2. The summed E-state index contributed by atoms with van der Waals surface area (Å²) in [6, 6.07) is 0. The minimum Gasteiger partial charge on any atom is -0.462 e. The Morgan fingerprint density at radius 3 is 0.797 bits per heavy atom. The van der Waals surface area contributed by atoms with E-state index in [4.69, 9.17) is 14.2 Å². The van der Waals surface area contributed by atoms with Gasteiger partial charge >= 0.3 is 17.9 Å². The molecule has 0 spiro atoms. The molecule has 0 aliphatic rings. The molecule has 0 aromatic heterocycles. The van der Waals surface area contributed by atoms with E-state index < -0.39 is 6.10 Å². The topological polar surface area (TPSA) is 78.9 Å². The van der Waals surface area contributed by atoms with Crippen molar-refractivity contribution in [2.75, 3.05) is 13.2 Å². The molecular weight excluding hydrogens is 973 g/mol. The average molecular weight is 1100 g/mol. The van der Waals surface area contributed by atoms with Gasteiger partial charge in [-0.15, -0.1) is 0 Å². The lowest BCUT2D eigenvalue weighted by molar-refractivity contribution is -0.167. The number of carbonyl (C=O) groups is 3. The number of unbranched alkanes of at least 4 members (excludes halogenated alkanes) is 37. The highest BCUT2D eigenvalue weighted by atomic mass is 16.6. The van der Waals surface area contributed by atoms with Crippen LogP contribution in [0, 0.1) is 0 Å². The number of rotatable bonds is 62. The van der Waals surface area contributed by atoms with E-state index in [1.807, 2.05) is 0 Å². The van der Waals surface area contributed by atoms with E-state index in [9.17, 15) is 14.4 Å². The SMILES string of the molecule is CC/C=C\C/C=C\C/C=C\C/C=C\CCCCCCCCCCCCCCCCCCC(=O)OCC(COC(=O)CCCCCCCCCCCCCCC)OC(=O)CCCCCCCC/C=C\C/C=C\C/C=C\CCCCC. The molecule has 0 rings (SSSR count). The number of allylic oxidation sites excluding steroid dienone is 14. The maximum atomic E-state index is 12.9. The molecule has 0 bridgehead atoms. The van der Waals surface area contributed by atoms with Gasteiger partial charge in [0.2, 0.25) is 0 Å². The van der Waals surface area contributed by atoms with Crippen molar-refractivity contribution in [3.63, 3.8) is 0 Å². The average Bonchev–Trinajstić information content (AvgIpc) is 3.45. The summed E-state index contributed by atoms with van der Waals surface area (Å²) in [6.45, 7) is 6.53. The molecule has 6 nitrogen and oxygen atoms in total. The summed E-state index contributed by atoms with van der Waals surface area (Å²) >= 11 is 0. The van der Waals surface area contributed by atoms with Gasteiger partial charge in [-0.3, -0.25) is 14.4 Å². The monoisotopic (exact) mass is 1100 g/mol. The van der Waals surface area contributed by atoms with E-state index in [1.54, 1.807) is 0 Å². The van der Waals surface area contributed by atoms with Crippen LogP contribution in [0.4, 0.5) is 0 Å². The van der Waals surface area contributed by atoms with Crippen molar-refractivity contribution in [1.29, 1.82) is 0 Å². The van der Waals surface area contributed by atoms with Gasteiger partial charge < -0.3 is 14.2 Å². The molecule has 456 valence electrons. The molecule has 0 fully saturated rings. The molecule has 0 aromatic rings. The third kappa shape index (κ3) is 65.3. The number of carbonyl (C=O) groups excluding carboxylic acids is 3. The third-order valence-electron chi connectivity index (χ3n) is 14.9. The third-order valence-corrected chi connectivity index (χ3v) is 14.9. The fourth-order valence-corrected chi connectivity index (χ4v) is 9.80. The van der Waals surface area contributed by atoms with Gasteiger partial charge in [0, 0.05) is 19.3 Å². The number of hydrogen-bond acceptors (Lipinski definition) is 6. The first-order valence-electron chi connectivity index (χ1n) is 34.1. The maximum absolute atomic E-state index is 12.9. The Hall–Kier alpha value is -3.41. The summed E-state index contributed by atoms with van der Waals surface area (Å²) in [5.41, 5.74) is 0. The number of hydrogen-bond donors (Lipinski definition) is 0. The van der Waals surface area contributed by atoms with E-state index in [1.165, 1.54) is 193 Å². The summed E-state index contributed by atoms with van der Waals surface area (Å²) in [5, 5.41) is 0. The lowest BCUT2D eigenvalue weighted by Crippen LogP contribution is -2.30. The van der Waals surface area contributed by atoms with Gasteiger partial charge in [-0.2, -0.15) is 0 Å². The molecule has 0 saturated heterocycles. The second-order valence-electron chi connectivity index (χ2n) is 22.7. The van der Waals surface area contributed by atoms with Crippen molar-refractivity contribution in [1.82, 2.24) is 0 Å². The van der Waals surface area contributed by atoms with Crippen LogP contribution >= 0.6 is 0 Å². The predicted molar refractivity (Wildman–Crippen MR) is 344 cm³/mol. The molecule has 6 heteroatoms. The first-order valence-corrected chi connectivity index (χ1v) is 34.1. The van der Waals surface area contributed by atoms with Gasteiger partial charge in [0.25, 0.3) is 0 Å². The van der Waals surface area contributed by atoms with E-state index in [0.717, 1.165) is 109 Å². The Morgan fingerprint density at radius 1 is 0.266 bits per heavy atom. The van der Waals surface area contributed by atoms with Crippen LogP contribution in [0.25, 0.3) is 0 Å². The molecule has 0 aliphatic carbocycles. The largest absolute Gasteiger partial charge is 0.462 e. The number of esters is 3. The van der Waals surface area contributed by atoms with Crippen molar-refractivity contribution in [2.24, 2.45) is 0 Å². The van der Waals surface area contributed by atoms with Gasteiger partial charge in [0.05, 0.1) is 0 Å². The van der Waals surface area contributed by atoms with Gasteiger partial charge in [-0.1, -0.05) is 311 Å². The maximum Gasteiger partial charge on any atom is 0.306 e. The minimum absolute atomic E-state index is 0.0772. The van der Waals surface area contributed by atoms with Gasteiger partial charge in [0.1, 0.15) is 13.2 Å². The summed E-state index contributed by atoms with van der Waals surface area (Å²) < 4.78 is 17.0. The van der Waals surface area contributed by atoms with Gasteiger partial charge in [-0.05, 0) is 96.3 Å². The highest BCUT2D eigenvalue weighted by molar-refractivity contribution is 5.71. The van der Waals surface area contributed by atoms with Crippen LogP contribution in [0.3, 0.4) is 0 Å².